The number of hydrogen-bond donors (Lipinski definition) is 3. The SMILES string of the molecule is O=C(O)CCCCC[C@H](NC(=O)OCc1ccccc1)c1ncc(I)[nH]1. The van der Waals surface area contributed by atoms with Gasteiger partial charge in [0.05, 0.1) is 15.9 Å². The molecule has 3 N–H and O–H groups in total. The molecule has 1 aromatic heterocycles. The number of aromatic amines is 1. The van der Waals surface area contributed by atoms with E-state index in [1.807, 2.05) is 30.3 Å². The van der Waals surface area contributed by atoms with Gasteiger partial charge in [-0.05, 0) is 41.0 Å². The number of carboxylic acid groups (broad SMARTS) is 1. The lowest BCUT2D eigenvalue weighted by Gasteiger charge is -2.16. The summed E-state index contributed by atoms with van der Waals surface area (Å²) in [5.41, 5.74) is 0.917. The van der Waals surface area contributed by atoms with E-state index in [-0.39, 0.29) is 19.1 Å². The Labute approximate surface area is 165 Å². The van der Waals surface area contributed by atoms with Crippen molar-refractivity contribution in [2.45, 2.75) is 44.8 Å². The van der Waals surface area contributed by atoms with Crippen LogP contribution in [0.5, 0.6) is 0 Å². The minimum absolute atomic E-state index is 0.163. The van der Waals surface area contributed by atoms with Crippen molar-refractivity contribution in [2.24, 2.45) is 0 Å². The number of rotatable bonds is 10. The molecule has 2 rings (SSSR count). The summed E-state index contributed by atoms with van der Waals surface area (Å²) in [6.07, 6.45) is 4.20. The number of amides is 1. The molecule has 1 heterocycles. The Bertz CT molecular complexity index is 705. The van der Waals surface area contributed by atoms with Gasteiger partial charge in [0, 0.05) is 6.42 Å². The number of carbonyl (C=O) groups is 2. The largest absolute Gasteiger partial charge is 0.481 e. The van der Waals surface area contributed by atoms with Crippen LogP contribution in [-0.4, -0.2) is 27.1 Å². The molecule has 0 fully saturated rings. The van der Waals surface area contributed by atoms with E-state index in [4.69, 9.17) is 9.84 Å². The third kappa shape index (κ3) is 7.42. The lowest BCUT2D eigenvalue weighted by Crippen LogP contribution is -2.30. The Morgan fingerprint density at radius 1 is 1.23 bits per heavy atom. The molecule has 8 heteroatoms. The third-order valence-corrected chi connectivity index (χ3v) is 4.33. The Hall–Kier alpha value is -2.10. The molecule has 0 aliphatic heterocycles. The summed E-state index contributed by atoms with van der Waals surface area (Å²) in [6, 6.07) is 9.17. The van der Waals surface area contributed by atoms with E-state index in [0.29, 0.717) is 18.7 Å². The zero-order valence-electron chi connectivity index (χ0n) is 14.3. The molecule has 0 aliphatic carbocycles. The number of imidazole rings is 1. The molecule has 7 nitrogen and oxygen atoms in total. The molecule has 26 heavy (non-hydrogen) atoms. The Balaban J connectivity index is 1.84. The summed E-state index contributed by atoms with van der Waals surface area (Å²) < 4.78 is 6.16. The second kappa shape index (κ2) is 10.8. The summed E-state index contributed by atoms with van der Waals surface area (Å²) in [5, 5.41) is 11.5. The molecule has 140 valence electrons. The highest BCUT2D eigenvalue weighted by molar-refractivity contribution is 14.1. The van der Waals surface area contributed by atoms with Gasteiger partial charge < -0.3 is 20.1 Å². The van der Waals surface area contributed by atoms with Gasteiger partial charge in [-0.2, -0.15) is 0 Å². The molecule has 2 aromatic rings. The summed E-state index contributed by atoms with van der Waals surface area (Å²) in [6.45, 7) is 0.202. The molecule has 0 radical (unpaired) electrons. The molecule has 1 atom stereocenters. The van der Waals surface area contributed by atoms with Crippen molar-refractivity contribution in [3.05, 3.63) is 51.6 Å². The van der Waals surface area contributed by atoms with Crippen LogP contribution < -0.4 is 5.32 Å². The van der Waals surface area contributed by atoms with E-state index in [2.05, 4.69) is 37.9 Å². The Morgan fingerprint density at radius 2 is 2.00 bits per heavy atom. The first-order chi connectivity index (χ1) is 12.5. The summed E-state index contributed by atoms with van der Waals surface area (Å²) in [4.78, 5) is 30.1. The molecule has 0 aliphatic rings. The fourth-order valence-electron chi connectivity index (χ4n) is 2.48. The van der Waals surface area contributed by atoms with Crippen molar-refractivity contribution in [1.29, 1.82) is 0 Å². The average molecular weight is 471 g/mol. The van der Waals surface area contributed by atoms with Gasteiger partial charge >= 0.3 is 12.1 Å². The number of benzene rings is 1. The Morgan fingerprint density at radius 3 is 2.65 bits per heavy atom. The number of nitrogens with one attached hydrogen (secondary N) is 2. The second-order valence-electron chi connectivity index (χ2n) is 5.87. The first kappa shape index (κ1) is 20.2. The Kier molecular flexibility index (Phi) is 8.39. The topological polar surface area (TPSA) is 104 Å². The van der Waals surface area contributed by atoms with Gasteiger partial charge in [-0.3, -0.25) is 4.79 Å². The van der Waals surface area contributed by atoms with E-state index in [1.54, 1.807) is 6.20 Å². The second-order valence-corrected chi connectivity index (χ2v) is 7.03. The fraction of sp³-hybridized carbons (Fsp3) is 0.389. The number of H-pyrrole nitrogens is 1. The van der Waals surface area contributed by atoms with Crippen LogP contribution >= 0.6 is 22.6 Å². The van der Waals surface area contributed by atoms with Crippen molar-refractivity contribution >= 4 is 34.7 Å². The van der Waals surface area contributed by atoms with Crippen molar-refractivity contribution in [3.63, 3.8) is 0 Å². The van der Waals surface area contributed by atoms with Crippen molar-refractivity contribution in [3.8, 4) is 0 Å². The van der Waals surface area contributed by atoms with Gasteiger partial charge in [0.2, 0.25) is 0 Å². The number of aromatic nitrogens is 2. The van der Waals surface area contributed by atoms with Crippen LogP contribution in [0.3, 0.4) is 0 Å². The molecular weight excluding hydrogens is 449 g/mol. The van der Waals surface area contributed by atoms with Crippen molar-refractivity contribution in [2.75, 3.05) is 0 Å². The maximum Gasteiger partial charge on any atom is 0.408 e. The highest BCUT2D eigenvalue weighted by atomic mass is 127. The van der Waals surface area contributed by atoms with Crippen molar-refractivity contribution in [1.82, 2.24) is 15.3 Å². The third-order valence-electron chi connectivity index (χ3n) is 3.78. The van der Waals surface area contributed by atoms with E-state index in [0.717, 1.165) is 22.1 Å². The van der Waals surface area contributed by atoms with E-state index < -0.39 is 12.1 Å². The van der Waals surface area contributed by atoms with E-state index in [1.165, 1.54) is 0 Å². The highest BCUT2D eigenvalue weighted by Crippen LogP contribution is 2.19. The van der Waals surface area contributed by atoms with Gasteiger partial charge in [0.15, 0.2) is 0 Å². The van der Waals surface area contributed by atoms with Crippen LogP contribution in [0.4, 0.5) is 4.79 Å². The zero-order valence-corrected chi connectivity index (χ0v) is 16.4. The van der Waals surface area contributed by atoms with Crippen LogP contribution in [-0.2, 0) is 16.1 Å². The van der Waals surface area contributed by atoms with E-state index in [9.17, 15) is 9.59 Å². The first-order valence-electron chi connectivity index (χ1n) is 8.44. The maximum absolute atomic E-state index is 12.1. The molecule has 0 spiro atoms. The molecule has 1 aromatic carbocycles. The standard InChI is InChI=1S/C18H22IN3O4/c19-15-11-20-17(22-15)14(9-5-2-6-10-16(23)24)21-18(25)26-12-13-7-3-1-4-8-13/h1,3-4,7-8,11,14H,2,5-6,9-10,12H2,(H,20,22)(H,21,25)(H,23,24)/t14-/m0/s1. The number of alkyl carbamates (subject to hydrolysis) is 1. The number of ether oxygens (including phenoxy) is 1. The zero-order chi connectivity index (χ0) is 18.8. The van der Waals surface area contributed by atoms with Crippen molar-refractivity contribution < 1.29 is 19.4 Å². The molecule has 0 bridgehead atoms. The number of nitrogens with zero attached hydrogens (tertiary/aromatic N) is 1. The number of carbonyl (C=O) groups excluding carboxylic acids is 1. The highest BCUT2D eigenvalue weighted by Gasteiger charge is 2.18. The summed E-state index contributed by atoms with van der Waals surface area (Å²) in [7, 11) is 0. The molecular formula is C18H22IN3O4. The predicted octanol–water partition coefficient (Wildman–Crippen LogP) is 4.02. The predicted molar refractivity (Wildman–Crippen MR) is 105 cm³/mol. The van der Waals surface area contributed by atoms with Crippen LogP contribution in [0.2, 0.25) is 0 Å². The van der Waals surface area contributed by atoms with Crippen LogP contribution in [0.25, 0.3) is 0 Å². The summed E-state index contributed by atoms with van der Waals surface area (Å²) >= 11 is 2.12. The number of hydrogen-bond acceptors (Lipinski definition) is 4. The van der Waals surface area contributed by atoms with Gasteiger partial charge in [-0.25, -0.2) is 9.78 Å². The average Bonchev–Trinajstić information content (AvgIpc) is 3.05. The first-order valence-corrected chi connectivity index (χ1v) is 9.52. The van der Waals surface area contributed by atoms with Gasteiger partial charge in [0.25, 0.3) is 0 Å². The normalized spacial score (nSPS) is 11.7. The van der Waals surface area contributed by atoms with Gasteiger partial charge in [-0.15, -0.1) is 0 Å². The quantitative estimate of drug-likeness (QED) is 0.359. The maximum atomic E-state index is 12.1. The minimum atomic E-state index is -0.787. The summed E-state index contributed by atoms with van der Waals surface area (Å²) in [5.74, 6) is -0.117. The molecule has 0 unspecified atom stereocenters. The van der Waals surface area contributed by atoms with Gasteiger partial charge in [0.1, 0.15) is 12.4 Å². The monoisotopic (exact) mass is 471 g/mol. The lowest BCUT2D eigenvalue weighted by molar-refractivity contribution is -0.137. The fourth-order valence-corrected chi connectivity index (χ4v) is 2.89. The van der Waals surface area contributed by atoms with Crippen LogP contribution in [0.1, 0.15) is 49.5 Å². The minimum Gasteiger partial charge on any atom is -0.481 e. The van der Waals surface area contributed by atoms with E-state index >= 15 is 0 Å². The smallest absolute Gasteiger partial charge is 0.408 e. The lowest BCUT2D eigenvalue weighted by atomic mass is 10.1. The van der Waals surface area contributed by atoms with Crippen LogP contribution in [0.15, 0.2) is 36.5 Å². The number of unbranched alkanes of at least 4 members (excludes halogenated alkanes) is 2. The molecule has 0 saturated heterocycles. The number of carboxylic acids is 1. The van der Waals surface area contributed by atoms with Crippen LogP contribution in [0, 0.1) is 3.70 Å². The molecule has 0 saturated carbocycles. The number of halogens is 1. The van der Waals surface area contributed by atoms with Gasteiger partial charge in [-0.1, -0.05) is 43.2 Å². The number of aliphatic carboxylic acids is 1. The molecule has 1 amide bonds.